The van der Waals surface area contributed by atoms with Crippen molar-refractivity contribution in [2.75, 3.05) is 0 Å². The van der Waals surface area contributed by atoms with Crippen LogP contribution in [0.15, 0.2) is 235 Å². The van der Waals surface area contributed by atoms with Gasteiger partial charge >= 0.3 is 0 Å². The minimum absolute atomic E-state index is 0.892. The predicted molar refractivity (Wildman–Crippen MR) is 264 cm³/mol. The summed E-state index contributed by atoms with van der Waals surface area (Å²) < 4.78 is 11.2. The highest BCUT2D eigenvalue weighted by Gasteiger charge is 2.21. The lowest BCUT2D eigenvalue weighted by molar-refractivity contribution is 0.669. The van der Waals surface area contributed by atoms with Crippen LogP contribution in [-0.2, 0) is 0 Å². The van der Waals surface area contributed by atoms with Crippen molar-refractivity contribution >= 4 is 65.6 Å². The molecule has 3 aromatic heterocycles. The summed E-state index contributed by atoms with van der Waals surface area (Å²) >= 11 is 0. The van der Waals surface area contributed by atoms with Gasteiger partial charge in [-0.3, -0.25) is 0 Å². The van der Waals surface area contributed by atoms with Crippen molar-refractivity contribution in [2.24, 2.45) is 0 Å². The number of hydrogen-bond donors (Lipinski definition) is 0. The lowest BCUT2D eigenvalue weighted by atomic mass is 9.94. The van der Waals surface area contributed by atoms with Crippen LogP contribution < -0.4 is 0 Å². The first-order chi connectivity index (χ1) is 31.2. The molecule has 294 valence electrons. The van der Waals surface area contributed by atoms with Crippen molar-refractivity contribution in [3.8, 4) is 55.9 Å². The summed E-state index contributed by atoms with van der Waals surface area (Å²) in [7, 11) is 0. The Hall–Kier alpha value is -8.40. The summed E-state index contributed by atoms with van der Waals surface area (Å²) in [6.07, 6.45) is 0. The molecule has 0 aliphatic carbocycles. The first-order valence-electron chi connectivity index (χ1n) is 21.6. The van der Waals surface area contributed by atoms with Gasteiger partial charge in [-0.15, -0.1) is 0 Å². The quantitative estimate of drug-likeness (QED) is 0.164. The normalized spacial score (nSPS) is 11.8. The molecule has 0 radical (unpaired) electrons. The molecule has 0 aliphatic heterocycles. The molecule has 0 saturated heterocycles. The van der Waals surface area contributed by atoms with Gasteiger partial charge in [0, 0.05) is 38.0 Å². The van der Waals surface area contributed by atoms with E-state index in [9.17, 15) is 0 Å². The van der Waals surface area contributed by atoms with E-state index in [1.165, 1.54) is 88.1 Å². The predicted octanol–water partition coefficient (Wildman–Crippen LogP) is 16.4. The first kappa shape index (κ1) is 35.4. The van der Waals surface area contributed by atoms with E-state index in [2.05, 4.69) is 228 Å². The van der Waals surface area contributed by atoms with E-state index in [0.717, 1.165) is 33.3 Å². The number of rotatable bonds is 6. The van der Waals surface area contributed by atoms with E-state index >= 15 is 0 Å². The maximum Gasteiger partial charge on any atom is 0.135 e. The molecule has 0 amide bonds. The summed E-state index contributed by atoms with van der Waals surface area (Å²) in [4.78, 5) is 0. The van der Waals surface area contributed by atoms with Crippen LogP contribution in [0.5, 0.6) is 0 Å². The van der Waals surface area contributed by atoms with Crippen molar-refractivity contribution < 1.29 is 4.42 Å². The fraction of sp³-hybridized carbons (Fsp3) is 0. The monoisotopic (exact) mass is 802 g/mol. The molecule has 0 N–H and O–H groups in total. The highest BCUT2D eigenvalue weighted by atomic mass is 16.3. The molecule has 0 bridgehead atoms. The summed E-state index contributed by atoms with van der Waals surface area (Å²) in [5.74, 6) is 0. The van der Waals surface area contributed by atoms with Gasteiger partial charge in [0.25, 0.3) is 0 Å². The highest BCUT2D eigenvalue weighted by Crippen LogP contribution is 2.42. The molecule has 0 saturated carbocycles. The Bertz CT molecular complexity index is 3920. The smallest absolute Gasteiger partial charge is 0.135 e. The number of para-hydroxylation sites is 4. The third-order valence-electron chi connectivity index (χ3n) is 12.9. The van der Waals surface area contributed by atoms with E-state index in [4.69, 9.17) is 4.42 Å². The number of benzene rings is 10. The van der Waals surface area contributed by atoms with Gasteiger partial charge in [-0.05, 0) is 117 Å². The molecule has 3 heteroatoms. The van der Waals surface area contributed by atoms with E-state index in [-0.39, 0.29) is 0 Å². The van der Waals surface area contributed by atoms with E-state index in [1.807, 2.05) is 12.1 Å². The van der Waals surface area contributed by atoms with Crippen molar-refractivity contribution in [1.29, 1.82) is 0 Å². The molecule has 3 nitrogen and oxygen atoms in total. The largest absolute Gasteiger partial charge is 0.456 e. The van der Waals surface area contributed by atoms with Crippen LogP contribution in [0.3, 0.4) is 0 Å². The number of hydrogen-bond acceptors (Lipinski definition) is 1. The second-order valence-electron chi connectivity index (χ2n) is 16.5. The zero-order chi connectivity index (χ0) is 41.4. The second kappa shape index (κ2) is 14.1. The molecular weight excluding hydrogens is 765 g/mol. The maximum atomic E-state index is 6.27. The Labute approximate surface area is 363 Å². The lowest BCUT2D eigenvalue weighted by Gasteiger charge is -2.14. The van der Waals surface area contributed by atoms with E-state index in [1.54, 1.807) is 0 Å². The molecule has 13 aromatic rings. The Morgan fingerprint density at radius 3 is 1.41 bits per heavy atom. The zero-order valence-corrected chi connectivity index (χ0v) is 34.2. The SMILES string of the molecule is c1ccc(-c2cccc(-c3cccc(-c4cccc(-c5ccc6c(c5)c5ccccc5n6-c5cccc6c7ccccc7n(-c7ccc8oc9ccccc9c8c7)c56)c4)c3)c2)cc1. The van der Waals surface area contributed by atoms with E-state index in [0.29, 0.717) is 0 Å². The van der Waals surface area contributed by atoms with Crippen LogP contribution in [0.1, 0.15) is 0 Å². The van der Waals surface area contributed by atoms with Crippen LogP contribution in [0.2, 0.25) is 0 Å². The fourth-order valence-corrected chi connectivity index (χ4v) is 9.98. The molecule has 13 rings (SSSR count). The van der Waals surface area contributed by atoms with Gasteiger partial charge in [0.15, 0.2) is 0 Å². The van der Waals surface area contributed by atoms with Gasteiger partial charge in [0.05, 0.1) is 27.8 Å². The molecule has 63 heavy (non-hydrogen) atoms. The number of fused-ring (bicyclic) bond motifs is 9. The lowest BCUT2D eigenvalue weighted by Crippen LogP contribution is -2.00. The Kier molecular flexibility index (Phi) is 7.91. The van der Waals surface area contributed by atoms with Crippen LogP contribution in [0.4, 0.5) is 0 Å². The number of furan rings is 1. The average molecular weight is 803 g/mol. The molecule has 0 aliphatic rings. The third-order valence-corrected chi connectivity index (χ3v) is 12.9. The van der Waals surface area contributed by atoms with Crippen molar-refractivity contribution in [2.45, 2.75) is 0 Å². The Balaban J connectivity index is 0.947. The van der Waals surface area contributed by atoms with Crippen LogP contribution in [-0.4, -0.2) is 9.13 Å². The fourth-order valence-electron chi connectivity index (χ4n) is 9.98. The minimum atomic E-state index is 0.892. The minimum Gasteiger partial charge on any atom is -0.456 e. The molecule has 3 heterocycles. The molecular formula is C60H38N2O. The second-order valence-corrected chi connectivity index (χ2v) is 16.5. The van der Waals surface area contributed by atoms with Crippen LogP contribution >= 0.6 is 0 Å². The van der Waals surface area contributed by atoms with Crippen LogP contribution in [0, 0.1) is 0 Å². The molecule has 0 fully saturated rings. The standard InChI is InChI=1S/C60H38N2O/c1-2-14-39(15-3-1)40-16-10-17-41(34-40)42-18-11-19-43(35-42)44-20-12-21-45(36-44)46-30-32-56-52(37-46)49-23-5-8-27-55(49)62(56)57-28-13-25-51-48-22-4-7-26-54(48)61(60(51)57)47-31-33-59-53(38-47)50-24-6-9-29-58(50)63-59/h1-38H. The van der Waals surface area contributed by atoms with Crippen LogP contribution in [0.25, 0.3) is 121 Å². The highest BCUT2D eigenvalue weighted by molar-refractivity contribution is 6.16. The molecule has 0 atom stereocenters. The summed E-state index contributed by atoms with van der Waals surface area (Å²) in [6.45, 7) is 0. The number of aromatic nitrogens is 2. The van der Waals surface area contributed by atoms with Gasteiger partial charge in [0.1, 0.15) is 11.2 Å². The Morgan fingerprint density at radius 2 is 0.730 bits per heavy atom. The topological polar surface area (TPSA) is 23.0 Å². The Morgan fingerprint density at radius 1 is 0.254 bits per heavy atom. The van der Waals surface area contributed by atoms with E-state index < -0.39 is 0 Å². The average Bonchev–Trinajstić information content (AvgIpc) is 4.02. The molecule has 10 aromatic carbocycles. The van der Waals surface area contributed by atoms with Crippen molar-refractivity contribution in [1.82, 2.24) is 9.13 Å². The van der Waals surface area contributed by atoms with Gasteiger partial charge in [-0.1, -0.05) is 158 Å². The zero-order valence-electron chi connectivity index (χ0n) is 34.2. The number of nitrogens with zero attached hydrogens (tertiary/aromatic N) is 2. The van der Waals surface area contributed by atoms with Crippen molar-refractivity contribution in [3.05, 3.63) is 231 Å². The van der Waals surface area contributed by atoms with Gasteiger partial charge in [-0.25, -0.2) is 0 Å². The van der Waals surface area contributed by atoms with Gasteiger partial charge in [0.2, 0.25) is 0 Å². The van der Waals surface area contributed by atoms with Gasteiger partial charge < -0.3 is 13.6 Å². The molecule has 0 unspecified atom stereocenters. The summed E-state index contributed by atoms with van der Waals surface area (Å²) in [5, 5.41) is 7.12. The maximum absolute atomic E-state index is 6.27. The third kappa shape index (κ3) is 5.67. The first-order valence-corrected chi connectivity index (χ1v) is 21.6. The van der Waals surface area contributed by atoms with Gasteiger partial charge in [-0.2, -0.15) is 0 Å². The van der Waals surface area contributed by atoms with Crippen molar-refractivity contribution in [3.63, 3.8) is 0 Å². The summed E-state index contributed by atoms with van der Waals surface area (Å²) in [6, 6.07) is 83.5. The summed E-state index contributed by atoms with van der Waals surface area (Å²) in [5.41, 5.74) is 18.3. The molecule has 0 spiro atoms.